The van der Waals surface area contributed by atoms with E-state index in [4.69, 9.17) is 0 Å². The van der Waals surface area contributed by atoms with E-state index in [1.165, 1.54) is 17.3 Å². The highest BCUT2D eigenvalue weighted by Gasteiger charge is 2.15. The third-order valence-corrected chi connectivity index (χ3v) is 5.32. The van der Waals surface area contributed by atoms with Gasteiger partial charge in [0, 0.05) is 12.1 Å². The first-order valence-corrected chi connectivity index (χ1v) is 10.0. The summed E-state index contributed by atoms with van der Waals surface area (Å²) in [4.78, 5) is 12.3. The Kier molecular flexibility index (Phi) is 6.29. The number of carbonyl (C=O) groups is 1. The fraction of sp³-hybridized carbons (Fsp3) is 0.286. The number of nitrogens with zero attached hydrogens (tertiary/aromatic N) is 3. The Labute approximate surface area is 164 Å². The molecule has 5 nitrogen and oxygen atoms in total. The summed E-state index contributed by atoms with van der Waals surface area (Å²) in [5, 5.41) is 12.4. The van der Waals surface area contributed by atoms with Crippen LogP contribution in [-0.4, -0.2) is 26.4 Å². The standard InChI is InChI=1S/C21H24N4OS/c1-4-25-20(18-12-10-15(2)11-13-18)23-24-21(25)27-14-19(26)22-16(3)17-8-6-5-7-9-17/h5-13,16H,4,14H2,1-3H3,(H,22,26). The van der Waals surface area contributed by atoms with Gasteiger partial charge in [0.05, 0.1) is 11.8 Å². The van der Waals surface area contributed by atoms with E-state index in [1.807, 2.05) is 54.0 Å². The van der Waals surface area contributed by atoms with Gasteiger partial charge in [0.1, 0.15) is 0 Å². The van der Waals surface area contributed by atoms with Gasteiger partial charge in [-0.3, -0.25) is 4.79 Å². The van der Waals surface area contributed by atoms with Crippen LogP contribution in [0.5, 0.6) is 0 Å². The highest BCUT2D eigenvalue weighted by atomic mass is 32.2. The summed E-state index contributed by atoms with van der Waals surface area (Å²) in [5.74, 6) is 1.13. The van der Waals surface area contributed by atoms with Gasteiger partial charge in [0.25, 0.3) is 0 Å². The van der Waals surface area contributed by atoms with Crippen molar-refractivity contribution in [3.63, 3.8) is 0 Å². The minimum Gasteiger partial charge on any atom is -0.349 e. The first-order valence-electron chi connectivity index (χ1n) is 9.05. The molecule has 0 aliphatic carbocycles. The van der Waals surface area contributed by atoms with Gasteiger partial charge >= 0.3 is 0 Å². The molecule has 0 spiro atoms. The molecule has 0 fully saturated rings. The van der Waals surface area contributed by atoms with Crippen LogP contribution in [0, 0.1) is 6.92 Å². The second kappa shape index (κ2) is 8.86. The van der Waals surface area contributed by atoms with Gasteiger partial charge in [0.2, 0.25) is 5.91 Å². The maximum Gasteiger partial charge on any atom is 0.230 e. The maximum atomic E-state index is 12.3. The second-order valence-corrected chi connectivity index (χ2v) is 7.35. The lowest BCUT2D eigenvalue weighted by Gasteiger charge is -2.14. The molecule has 0 saturated carbocycles. The van der Waals surface area contributed by atoms with Crippen LogP contribution in [0.15, 0.2) is 59.8 Å². The number of rotatable bonds is 7. The molecule has 1 aromatic heterocycles. The Hall–Kier alpha value is -2.60. The molecular weight excluding hydrogens is 356 g/mol. The Balaban J connectivity index is 1.64. The van der Waals surface area contributed by atoms with E-state index in [-0.39, 0.29) is 11.9 Å². The molecule has 27 heavy (non-hydrogen) atoms. The minimum absolute atomic E-state index is 0.0149. The number of thioether (sulfide) groups is 1. The Morgan fingerprint density at radius 3 is 2.48 bits per heavy atom. The number of aryl methyl sites for hydroxylation is 1. The van der Waals surface area contributed by atoms with Crippen LogP contribution in [-0.2, 0) is 11.3 Å². The van der Waals surface area contributed by atoms with Gasteiger partial charge in [-0.25, -0.2) is 0 Å². The molecule has 1 unspecified atom stereocenters. The van der Waals surface area contributed by atoms with Gasteiger partial charge in [-0.1, -0.05) is 71.9 Å². The smallest absolute Gasteiger partial charge is 0.230 e. The molecule has 0 aliphatic rings. The molecule has 3 rings (SSSR count). The van der Waals surface area contributed by atoms with Crippen molar-refractivity contribution >= 4 is 17.7 Å². The molecule has 3 aromatic rings. The molecule has 2 aromatic carbocycles. The van der Waals surface area contributed by atoms with Crippen LogP contribution in [0.3, 0.4) is 0 Å². The van der Waals surface area contributed by atoms with Crippen molar-refractivity contribution in [2.75, 3.05) is 5.75 Å². The molecule has 0 bridgehead atoms. The second-order valence-electron chi connectivity index (χ2n) is 6.41. The Morgan fingerprint density at radius 2 is 1.81 bits per heavy atom. The molecule has 0 aliphatic heterocycles. The van der Waals surface area contributed by atoms with Crippen LogP contribution in [0.2, 0.25) is 0 Å². The van der Waals surface area contributed by atoms with Gasteiger partial charge in [-0.15, -0.1) is 10.2 Å². The summed E-state index contributed by atoms with van der Waals surface area (Å²) in [6.07, 6.45) is 0. The van der Waals surface area contributed by atoms with Crippen molar-refractivity contribution in [2.24, 2.45) is 0 Å². The normalized spacial score (nSPS) is 12.0. The fourth-order valence-corrected chi connectivity index (χ4v) is 3.65. The average Bonchev–Trinajstić information content (AvgIpc) is 3.10. The van der Waals surface area contributed by atoms with Gasteiger partial charge < -0.3 is 9.88 Å². The average molecular weight is 381 g/mol. The number of carbonyl (C=O) groups excluding carboxylic acids is 1. The number of hydrogen-bond donors (Lipinski definition) is 1. The van der Waals surface area contributed by atoms with E-state index in [0.29, 0.717) is 5.75 Å². The van der Waals surface area contributed by atoms with Crippen LogP contribution in [0.4, 0.5) is 0 Å². The molecule has 1 heterocycles. The van der Waals surface area contributed by atoms with Gasteiger partial charge in [0.15, 0.2) is 11.0 Å². The largest absolute Gasteiger partial charge is 0.349 e. The lowest BCUT2D eigenvalue weighted by atomic mass is 10.1. The molecule has 1 amide bonds. The van der Waals surface area contributed by atoms with E-state index in [2.05, 4.69) is 41.5 Å². The first kappa shape index (κ1) is 19.2. The molecule has 140 valence electrons. The van der Waals surface area contributed by atoms with Crippen molar-refractivity contribution in [3.8, 4) is 11.4 Å². The monoisotopic (exact) mass is 380 g/mol. The molecule has 1 N–H and O–H groups in total. The predicted octanol–water partition coefficient (Wildman–Crippen LogP) is 4.24. The lowest BCUT2D eigenvalue weighted by molar-refractivity contribution is -0.119. The molecule has 1 atom stereocenters. The molecule has 6 heteroatoms. The SMILES string of the molecule is CCn1c(SCC(=O)NC(C)c2ccccc2)nnc1-c1ccc(C)cc1. The van der Waals surface area contributed by atoms with E-state index in [9.17, 15) is 4.79 Å². The van der Waals surface area contributed by atoms with E-state index < -0.39 is 0 Å². The zero-order valence-electron chi connectivity index (χ0n) is 15.8. The highest BCUT2D eigenvalue weighted by Crippen LogP contribution is 2.24. The number of amides is 1. The number of benzene rings is 2. The van der Waals surface area contributed by atoms with E-state index >= 15 is 0 Å². The highest BCUT2D eigenvalue weighted by molar-refractivity contribution is 7.99. The summed E-state index contributed by atoms with van der Waals surface area (Å²) in [7, 11) is 0. The summed E-state index contributed by atoms with van der Waals surface area (Å²) >= 11 is 1.41. The predicted molar refractivity (Wildman–Crippen MR) is 110 cm³/mol. The van der Waals surface area contributed by atoms with Crippen LogP contribution in [0.1, 0.15) is 31.0 Å². The number of nitrogens with one attached hydrogen (secondary N) is 1. The van der Waals surface area contributed by atoms with Crippen molar-refractivity contribution < 1.29 is 4.79 Å². The minimum atomic E-state index is -0.0218. The summed E-state index contributed by atoms with van der Waals surface area (Å²) in [6.45, 7) is 6.86. The maximum absolute atomic E-state index is 12.3. The third kappa shape index (κ3) is 4.77. The zero-order valence-corrected chi connectivity index (χ0v) is 16.7. The number of aromatic nitrogens is 3. The van der Waals surface area contributed by atoms with Crippen LogP contribution in [0.25, 0.3) is 11.4 Å². The zero-order chi connectivity index (χ0) is 19.2. The van der Waals surface area contributed by atoms with E-state index in [0.717, 1.165) is 28.7 Å². The topological polar surface area (TPSA) is 59.8 Å². The lowest BCUT2D eigenvalue weighted by Crippen LogP contribution is -2.28. The fourth-order valence-electron chi connectivity index (χ4n) is 2.84. The summed E-state index contributed by atoms with van der Waals surface area (Å²) < 4.78 is 2.04. The third-order valence-electron chi connectivity index (χ3n) is 4.35. The number of hydrogen-bond acceptors (Lipinski definition) is 4. The van der Waals surface area contributed by atoms with Crippen molar-refractivity contribution in [3.05, 3.63) is 65.7 Å². The molecular formula is C21H24N4OS. The van der Waals surface area contributed by atoms with Crippen molar-refractivity contribution in [2.45, 2.75) is 38.5 Å². The van der Waals surface area contributed by atoms with Crippen molar-refractivity contribution in [1.82, 2.24) is 20.1 Å². The van der Waals surface area contributed by atoms with Gasteiger partial charge in [-0.2, -0.15) is 0 Å². The Morgan fingerprint density at radius 1 is 1.11 bits per heavy atom. The summed E-state index contributed by atoms with van der Waals surface area (Å²) in [5.41, 5.74) is 3.33. The van der Waals surface area contributed by atoms with Crippen molar-refractivity contribution in [1.29, 1.82) is 0 Å². The van der Waals surface area contributed by atoms with E-state index in [1.54, 1.807) is 0 Å². The first-order chi connectivity index (χ1) is 13.1. The quantitative estimate of drug-likeness (QED) is 0.623. The van der Waals surface area contributed by atoms with Crippen LogP contribution < -0.4 is 5.32 Å². The van der Waals surface area contributed by atoms with Crippen LogP contribution >= 0.6 is 11.8 Å². The Bertz CT molecular complexity index is 890. The molecule has 0 radical (unpaired) electrons. The summed E-state index contributed by atoms with van der Waals surface area (Å²) in [6, 6.07) is 18.2. The molecule has 0 saturated heterocycles. The van der Waals surface area contributed by atoms with Gasteiger partial charge in [-0.05, 0) is 26.3 Å².